The van der Waals surface area contributed by atoms with Crippen LogP contribution in [0.4, 0.5) is 17.1 Å². The van der Waals surface area contributed by atoms with Crippen molar-refractivity contribution in [3.05, 3.63) is 54.1 Å². The molecule has 17 heavy (non-hydrogen) atoms. The number of anilines is 3. The first-order valence-corrected chi connectivity index (χ1v) is 5.31. The lowest BCUT2D eigenvalue weighted by Crippen LogP contribution is -2.11. The molecule has 0 saturated carbocycles. The molecule has 0 atom stereocenters. The van der Waals surface area contributed by atoms with Crippen molar-refractivity contribution in [3.63, 3.8) is 0 Å². The van der Waals surface area contributed by atoms with Crippen molar-refractivity contribution in [2.24, 2.45) is 0 Å². The van der Waals surface area contributed by atoms with Gasteiger partial charge in [0.2, 0.25) is 0 Å². The van der Waals surface area contributed by atoms with E-state index >= 15 is 0 Å². The largest absolute Gasteiger partial charge is 0.397 e. The van der Waals surface area contributed by atoms with Gasteiger partial charge in [-0.3, -0.25) is 0 Å². The van der Waals surface area contributed by atoms with Crippen molar-refractivity contribution in [2.75, 3.05) is 17.7 Å². The average Bonchev–Trinajstić information content (AvgIpc) is 2.39. The fourth-order valence-corrected chi connectivity index (χ4v) is 1.72. The van der Waals surface area contributed by atoms with Crippen LogP contribution in [0.25, 0.3) is 0 Å². The molecule has 2 aromatic carbocycles. The third-order valence-electron chi connectivity index (χ3n) is 2.66. The van der Waals surface area contributed by atoms with E-state index in [1.165, 1.54) is 0 Å². The second-order valence-corrected chi connectivity index (χ2v) is 3.78. The van der Waals surface area contributed by atoms with Gasteiger partial charge >= 0.3 is 0 Å². The summed E-state index contributed by atoms with van der Waals surface area (Å²) in [5, 5.41) is 8.79. The molecule has 2 rings (SSSR count). The van der Waals surface area contributed by atoms with E-state index in [1.807, 2.05) is 48.3 Å². The molecule has 0 bridgehead atoms. The monoisotopic (exact) mass is 223 g/mol. The highest BCUT2D eigenvalue weighted by Crippen LogP contribution is 2.29. The Morgan fingerprint density at radius 2 is 1.82 bits per heavy atom. The topological polar surface area (TPSA) is 53.0 Å². The van der Waals surface area contributed by atoms with E-state index in [0.29, 0.717) is 11.3 Å². The van der Waals surface area contributed by atoms with Gasteiger partial charge in [-0.1, -0.05) is 18.2 Å². The summed E-state index contributed by atoms with van der Waals surface area (Å²) < 4.78 is 0. The Hall–Kier alpha value is -2.47. The van der Waals surface area contributed by atoms with Gasteiger partial charge in [0.05, 0.1) is 23.0 Å². The molecule has 0 aliphatic heterocycles. The molecule has 0 aromatic heterocycles. The minimum Gasteiger partial charge on any atom is -0.397 e. The smallest absolute Gasteiger partial charge is 0.0992 e. The van der Waals surface area contributed by atoms with Crippen LogP contribution < -0.4 is 10.6 Å². The Morgan fingerprint density at radius 3 is 2.41 bits per heavy atom. The number of hydrogen-bond acceptors (Lipinski definition) is 3. The van der Waals surface area contributed by atoms with Crippen molar-refractivity contribution in [1.82, 2.24) is 0 Å². The Kier molecular flexibility index (Phi) is 2.97. The highest BCUT2D eigenvalue weighted by Gasteiger charge is 2.07. The highest BCUT2D eigenvalue weighted by molar-refractivity contribution is 5.75. The number of para-hydroxylation sites is 1. The number of nitriles is 1. The summed E-state index contributed by atoms with van der Waals surface area (Å²) in [6.45, 7) is 0. The average molecular weight is 223 g/mol. The van der Waals surface area contributed by atoms with Crippen LogP contribution in [-0.4, -0.2) is 7.05 Å². The molecule has 0 aliphatic rings. The van der Waals surface area contributed by atoms with Gasteiger partial charge in [0.1, 0.15) is 0 Å². The molecule has 84 valence electrons. The van der Waals surface area contributed by atoms with E-state index in [-0.39, 0.29) is 0 Å². The molecule has 0 heterocycles. The van der Waals surface area contributed by atoms with E-state index in [2.05, 4.69) is 6.07 Å². The van der Waals surface area contributed by atoms with Crippen molar-refractivity contribution >= 4 is 17.1 Å². The molecule has 0 spiro atoms. The summed E-state index contributed by atoms with van der Waals surface area (Å²) in [6.07, 6.45) is 0. The van der Waals surface area contributed by atoms with E-state index in [0.717, 1.165) is 11.4 Å². The maximum absolute atomic E-state index is 8.79. The number of nitrogens with two attached hydrogens (primary N) is 1. The quantitative estimate of drug-likeness (QED) is 0.796. The van der Waals surface area contributed by atoms with Gasteiger partial charge in [-0.15, -0.1) is 0 Å². The molecule has 3 heteroatoms. The van der Waals surface area contributed by atoms with Crippen LogP contribution >= 0.6 is 0 Å². The minimum absolute atomic E-state index is 0.577. The van der Waals surface area contributed by atoms with E-state index in [1.54, 1.807) is 12.1 Å². The summed E-state index contributed by atoms with van der Waals surface area (Å²) in [4.78, 5) is 2.00. The summed E-state index contributed by atoms with van der Waals surface area (Å²) >= 11 is 0. The first-order valence-electron chi connectivity index (χ1n) is 5.31. The van der Waals surface area contributed by atoms with Crippen LogP contribution in [-0.2, 0) is 0 Å². The molecule has 2 N–H and O–H groups in total. The number of nitrogens with zero attached hydrogens (tertiary/aromatic N) is 2. The lowest BCUT2D eigenvalue weighted by molar-refractivity contribution is 1.21. The minimum atomic E-state index is 0.577. The Balaban J connectivity index is 2.39. The molecule has 0 unspecified atom stereocenters. The number of hydrogen-bond donors (Lipinski definition) is 1. The van der Waals surface area contributed by atoms with Gasteiger partial charge in [0, 0.05) is 12.7 Å². The van der Waals surface area contributed by atoms with Gasteiger partial charge < -0.3 is 10.6 Å². The SMILES string of the molecule is CN(c1ccccc1)c1ccc(C#N)cc1N. The zero-order chi connectivity index (χ0) is 12.3. The second-order valence-electron chi connectivity index (χ2n) is 3.78. The van der Waals surface area contributed by atoms with Crippen molar-refractivity contribution in [3.8, 4) is 6.07 Å². The molecular formula is C14H13N3. The van der Waals surface area contributed by atoms with Gasteiger partial charge in [0.25, 0.3) is 0 Å². The maximum atomic E-state index is 8.79. The van der Waals surface area contributed by atoms with Gasteiger partial charge in [-0.25, -0.2) is 0 Å². The molecule has 2 aromatic rings. The van der Waals surface area contributed by atoms with Crippen LogP contribution in [0.15, 0.2) is 48.5 Å². The van der Waals surface area contributed by atoms with Crippen LogP contribution in [0.1, 0.15) is 5.56 Å². The van der Waals surface area contributed by atoms with Gasteiger partial charge in [-0.05, 0) is 30.3 Å². The Bertz CT molecular complexity index is 555. The van der Waals surface area contributed by atoms with Crippen molar-refractivity contribution in [1.29, 1.82) is 5.26 Å². The number of rotatable bonds is 2. The lowest BCUT2D eigenvalue weighted by atomic mass is 10.1. The molecule has 0 amide bonds. The van der Waals surface area contributed by atoms with Crippen LogP contribution in [0.2, 0.25) is 0 Å². The van der Waals surface area contributed by atoms with E-state index in [9.17, 15) is 0 Å². The number of benzene rings is 2. The van der Waals surface area contributed by atoms with Crippen molar-refractivity contribution in [2.45, 2.75) is 0 Å². The third-order valence-corrected chi connectivity index (χ3v) is 2.66. The van der Waals surface area contributed by atoms with Gasteiger partial charge in [0.15, 0.2) is 0 Å². The molecular weight excluding hydrogens is 210 g/mol. The second kappa shape index (κ2) is 4.58. The van der Waals surface area contributed by atoms with Crippen LogP contribution in [0.3, 0.4) is 0 Å². The Morgan fingerprint density at radius 1 is 1.12 bits per heavy atom. The maximum Gasteiger partial charge on any atom is 0.0992 e. The standard InChI is InChI=1S/C14H13N3/c1-17(12-5-3-2-4-6-12)14-8-7-11(10-15)9-13(14)16/h2-9H,16H2,1H3. The molecule has 3 nitrogen and oxygen atoms in total. The Labute approximate surface area is 101 Å². The fraction of sp³-hybridized carbons (Fsp3) is 0.0714. The zero-order valence-electron chi connectivity index (χ0n) is 9.59. The lowest BCUT2D eigenvalue weighted by Gasteiger charge is -2.21. The van der Waals surface area contributed by atoms with Crippen molar-refractivity contribution < 1.29 is 0 Å². The highest BCUT2D eigenvalue weighted by atomic mass is 15.1. The molecule has 0 saturated heterocycles. The molecule has 0 fully saturated rings. The number of nitrogen functional groups attached to an aromatic ring is 1. The normalized spacial score (nSPS) is 9.65. The first kappa shape index (κ1) is 11.0. The summed E-state index contributed by atoms with van der Waals surface area (Å²) in [7, 11) is 1.95. The van der Waals surface area contributed by atoms with Crippen LogP contribution in [0.5, 0.6) is 0 Å². The van der Waals surface area contributed by atoms with E-state index < -0.39 is 0 Å². The predicted octanol–water partition coefficient (Wildman–Crippen LogP) is 2.91. The molecule has 0 aliphatic carbocycles. The first-order chi connectivity index (χ1) is 8.22. The predicted molar refractivity (Wildman–Crippen MR) is 70.1 cm³/mol. The van der Waals surface area contributed by atoms with Crippen LogP contribution in [0, 0.1) is 11.3 Å². The summed E-state index contributed by atoms with van der Waals surface area (Å²) in [5.41, 5.74) is 9.08. The third kappa shape index (κ3) is 2.21. The van der Waals surface area contributed by atoms with Gasteiger partial charge in [-0.2, -0.15) is 5.26 Å². The zero-order valence-corrected chi connectivity index (χ0v) is 9.59. The fourth-order valence-electron chi connectivity index (χ4n) is 1.72. The molecule has 0 radical (unpaired) electrons. The van der Waals surface area contributed by atoms with E-state index in [4.69, 9.17) is 11.0 Å². The summed E-state index contributed by atoms with van der Waals surface area (Å²) in [6, 6.07) is 17.3. The summed E-state index contributed by atoms with van der Waals surface area (Å²) in [5.74, 6) is 0.